The van der Waals surface area contributed by atoms with E-state index in [0.29, 0.717) is 6.54 Å². The minimum atomic E-state index is -0.157. The molecule has 0 fully saturated rings. The lowest BCUT2D eigenvalue weighted by molar-refractivity contribution is -0.122. The van der Waals surface area contributed by atoms with E-state index in [1.165, 1.54) is 0 Å². The number of hydrogen-bond donors (Lipinski definition) is 2. The molecule has 0 aliphatic carbocycles. The molecule has 0 aromatic rings. The highest BCUT2D eigenvalue weighted by atomic mass is 16.2. The molecule has 0 bridgehead atoms. The summed E-state index contributed by atoms with van der Waals surface area (Å²) in [5, 5.41) is 5.87. The SMILES string of the molecule is C#CCCCCNC(C)C(=O)NCC=C. The molecule has 3 heteroatoms. The van der Waals surface area contributed by atoms with E-state index in [1.54, 1.807) is 6.08 Å². The number of carbonyl (C=O) groups excluding carboxylic acids is 1. The number of unbranched alkanes of at least 4 members (excludes halogenated alkanes) is 2. The van der Waals surface area contributed by atoms with E-state index in [1.807, 2.05) is 6.92 Å². The first-order valence-corrected chi connectivity index (χ1v) is 5.27. The molecule has 3 nitrogen and oxygen atoms in total. The first-order chi connectivity index (χ1) is 7.22. The largest absolute Gasteiger partial charge is 0.351 e. The smallest absolute Gasteiger partial charge is 0.237 e. The van der Waals surface area contributed by atoms with Crippen LogP contribution in [0.5, 0.6) is 0 Å². The van der Waals surface area contributed by atoms with Crippen LogP contribution in [0.25, 0.3) is 0 Å². The normalized spacial score (nSPS) is 11.5. The highest BCUT2D eigenvalue weighted by Crippen LogP contribution is 1.92. The molecule has 0 saturated heterocycles. The molecule has 0 radical (unpaired) electrons. The molecule has 0 rings (SSSR count). The van der Waals surface area contributed by atoms with Gasteiger partial charge in [0.05, 0.1) is 6.04 Å². The fourth-order valence-corrected chi connectivity index (χ4v) is 1.09. The van der Waals surface area contributed by atoms with E-state index in [9.17, 15) is 4.79 Å². The van der Waals surface area contributed by atoms with E-state index < -0.39 is 0 Å². The van der Waals surface area contributed by atoms with Crippen LogP contribution in [-0.4, -0.2) is 25.0 Å². The van der Waals surface area contributed by atoms with Crippen molar-refractivity contribution in [2.24, 2.45) is 0 Å². The summed E-state index contributed by atoms with van der Waals surface area (Å²) in [6, 6.07) is -0.157. The second-order valence-electron chi connectivity index (χ2n) is 3.37. The Labute approximate surface area is 92.3 Å². The van der Waals surface area contributed by atoms with E-state index >= 15 is 0 Å². The fourth-order valence-electron chi connectivity index (χ4n) is 1.09. The second-order valence-corrected chi connectivity index (χ2v) is 3.37. The summed E-state index contributed by atoms with van der Waals surface area (Å²) in [6.45, 7) is 6.72. The minimum Gasteiger partial charge on any atom is -0.351 e. The van der Waals surface area contributed by atoms with Crippen LogP contribution >= 0.6 is 0 Å². The average Bonchev–Trinajstić information content (AvgIpc) is 2.25. The summed E-state index contributed by atoms with van der Waals surface area (Å²) in [5.74, 6) is 2.59. The predicted molar refractivity (Wildman–Crippen MR) is 63.4 cm³/mol. The Kier molecular flexibility index (Phi) is 8.50. The quantitative estimate of drug-likeness (QED) is 0.356. The van der Waals surface area contributed by atoms with Crippen LogP contribution in [0.15, 0.2) is 12.7 Å². The average molecular weight is 208 g/mol. The van der Waals surface area contributed by atoms with E-state index in [4.69, 9.17) is 6.42 Å². The standard InChI is InChI=1S/C12H20N2O/c1-4-6-7-8-10-13-11(3)12(15)14-9-5-2/h1,5,11,13H,2,6-10H2,3H3,(H,14,15). The summed E-state index contributed by atoms with van der Waals surface area (Å²) in [4.78, 5) is 11.4. The van der Waals surface area contributed by atoms with Crippen LogP contribution in [0.3, 0.4) is 0 Å². The van der Waals surface area contributed by atoms with Crippen LogP contribution in [0.4, 0.5) is 0 Å². The second kappa shape index (κ2) is 9.29. The summed E-state index contributed by atoms with van der Waals surface area (Å²) < 4.78 is 0. The Hall–Kier alpha value is -1.27. The maximum atomic E-state index is 11.4. The van der Waals surface area contributed by atoms with Crippen molar-refractivity contribution >= 4 is 5.91 Å². The zero-order valence-corrected chi connectivity index (χ0v) is 9.38. The summed E-state index contributed by atoms with van der Waals surface area (Å²) in [7, 11) is 0. The van der Waals surface area contributed by atoms with E-state index in [0.717, 1.165) is 25.8 Å². The van der Waals surface area contributed by atoms with Crippen molar-refractivity contribution in [2.45, 2.75) is 32.2 Å². The van der Waals surface area contributed by atoms with Crippen molar-refractivity contribution in [3.05, 3.63) is 12.7 Å². The first kappa shape index (κ1) is 13.7. The van der Waals surface area contributed by atoms with Crippen molar-refractivity contribution in [2.75, 3.05) is 13.1 Å². The van der Waals surface area contributed by atoms with Gasteiger partial charge in [-0.3, -0.25) is 4.79 Å². The molecule has 0 aliphatic heterocycles. The molecule has 84 valence electrons. The van der Waals surface area contributed by atoms with Crippen LogP contribution < -0.4 is 10.6 Å². The van der Waals surface area contributed by atoms with Crippen molar-refractivity contribution in [3.63, 3.8) is 0 Å². The molecule has 0 aliphatic rings. The molecular weight excluding hydrogens is 188 g/mol. The van der Waals surface area contributed by atoms with Gasteiger partial charge in [-0.2, -0.15) is 0 Å². The Morgan fingerprint density at radius 1 is 1.60 bits per heavy atom. The van der Waals surface area contributed by atoms with Crippen LogP contribution in [0, 0.1) is 12.3 Å². The van der Waals surface area contributed by atoms with Crippen LogP contribution in [0.2, 0.25) is 0 Å². The van der Waals surface area contributed by atoms with Gasteiger partial charge < -0.3 is 10.6 Å². The molecule has 15 heavy (non-hydrogen) atoms. The monoisotopic (exact) mass is 208 g/mol. The topological polar surface area (TPSA) is 41.1 Å². The molecular formula is C12H20N2O. The fraction of sp³-hybridized carbons (Fsp3) is 0.583. The van der Waals surface area contributed by atoms with Crippen molar-refractivity contribution in [1.82, 2.24) is 10.6 Å². The lowest BCUT2D eigenvalue weighted by Crippen LogP contribution is -2.42. The van der Waals surface area contributed by atoms with Gasteiger partial charge in [0.2, 0.25) is 5.91 Å². The highest BCUT2D eigenvalue weighted by molar-refractivity contribution is 5.81. The summed E-state index contributed by atoms with van der Waals surface area (Å²) in [6.07, 6.45) is 9.61. The zero-order chi connectivity index (χ0) is 11.5. The van der Waals surface area contributed by atoms with Gasteiger partial charge in [0, 0.05) is 13.0 Å². The number of nitrogens with one attached hydrogen (secondary N) is 2. The van der Waals surface area contributed by atoms with E-state index in [2.05, 4.69) is 23.1 Å². The third-order valence-electron chi connectivity index (χ3n) is 2.01. The lowest BCUT2D eigenvalue weighted by atomic mass is 10.2. The molecule has 0 aromatic carbocycles. The lowest BCUT2D eigenvalue weighted by Gasteiger charge is -2.12. The molecule has 0 saturated carbocycles. The number of terminal acetylenes is 1. The number of rotatable bonds is 8. The molecule has 2 N–H and O–H groups in total. The molecule has 1 unspecified atom stereocenters. The third-order valence-corrected chi connectivity index (χ3v) is 2.01. The first-order valence-electron chi connectivity index (χ1n) is 5.27. The summed E-state index contributed by atoms with van der Waals surface area (Å²) in [5.41, 5.74) is 0. The minimum absolute atomic E-state index is 0.00634. The van der Waals surface area contributed by atoms with Crippen molar-refractivity contribution in [3.8, 4) is 12.3 Å². The molecule has 0 aromatic heterocycles. The van der Waals surface area contributed by atoms with Gasteiger partial charge in [0.15, 0.2) is 0 Å². The Balaban J connectivity index is 3.47. The van der Waals surface area contributed by atoms with Crippen molar-refractivity contribution < 1.29 is 4.79 Å². The Morgan fingerprint density at radius 2 is 2.33 bits per heavy atom. The summed E-state index contributed by atoms with van der Waals surface area (Å²) >= 11 is 0. The number of carbonyl (C=O) groups is 1. The Bertz CT molecular complexity index is 230. The zero-order valence-electron chi connectivity index (χ0n) is 9.38. The van der Waals surface area contributed by atoms with Gasteiger partial charge >= 0.3 is 0 Å². The van der Waals surface area contributed by atoms with Gasteiger partial charge in [-0.15, -0.1) is 18.9 Å². The maximum Gasteiger partial charge on any atom is 0.237 e. The predicted octanol–water partition coefficient (Wildman–Crippen LogP) is 1.07. The Morgan fingerprint density at radius 3 is 2.93 bits per heavy atom. The molecule has 0 heterocycles. The molecule has 1 atom stereocenters. The van der Waals surface area contributed by atoms with Crippen LogP contribution in [0.1, 0.15) is 26.2 Å². The van der Waals surface area contributed by atoms with Gasteiger partial charge in [-0.1, -0.05) is 6.08 Å². The third kappa shape index (κ3) is 7.77. The van der Waals surface area contributed by atoms with Gasteiger partial charge in [-0.05, 0) is 26.3 Å². The number of hydrogen-bond acceptors (Lipinski definition) is 2. The van der Waals surface area contributed by atoms with Crippen LogP contribution in [-0.2, 0) is 4.79 Å². The highest BCUT2D eigenvalue weighted by Gasteiger charge is 2.09. The number of amides is 1. The van der Waals surface area contributed by atoms with Crippen molar-refractivity contribution in [1.29, 1.82) is 0 Å². The van der Waals surface area contributed by atoms with Gasteiger partial charge in [0.25, 0.3) is 0 Å². The van der Waals surface area contributed by atoms with Gasteiger partial charge in [0.1, 0.15) is 0 Å². The molecule has 1 amide bonds. The van der Waals surface area contributed by atoms with E-state index in [-0.39, 0.29) is 11.9 Å². The van der Waals surface area contributed by atoms with Gasteiger partial charge in [-0.25, -0.2) is 0 Å². The molecule has 0 spiro atoms. The maximum absolute atomic E-state index is 11.4.